The van der Waals surface area contributed by atoms with E-state index in [4.69, 9.17) is 5.73 Å². The second-order valence-electron chi connectivity index (χ2n) is 5.93. The number of piperazine rings is 1. The molecule has 0 bridgehead atoms. The van der Waals surface area contributed by atoms with E-state index in [9.17, 15) is 0 Å². The molecule has 5 nitrogen and oxygen atoms in total. The third-order valence-electron chi connectivity index (χ3n) is 4.36. The molecule has 6 heteroatoms. The first-order valence-corrected chi connectivity index (χ1v) is 7.64. The van der Waals surface area contributed by atoms with E-state index < -0.39 is 0 Å². The minimum absolute atomic E-state index is 0. The van der Waals surface area contributed by atoms with Gasteiger partial charge >= 0.3 is 0 Å². The molecule has 0 spiro atoms. The van der Waals surface area contributed by atoms with Gasteiger partial charge in [0.15, 0.2) is 5.96 Å². The number of guanidine groups is 1. The summed E-state index contributed by atoms with van der Waals surface area (Å²) in [6.45, 7) is 9.87. The van der Waals surface area contributed by atoms with Crippen LogP contribution in [-0.4, -0.2) is 79.6 Å². The van der Waals surface area contributed by atoms with E-state index >= 15 is 0 Å². The number of piperidine rings is 1. The van der Waals surface area contributed by atoms with E-state index in [1.807, 2.05) is 0 Å². The van der Waals surface area contributed by atoms with E-state index in [1.54, 1.807) is 0 Å². The fourth-order valence-corrected chi connectivity index (χ4v) is 2.83. The molecule has 2 heterocycles. The van der Waals surface area contributed by atoms with Gasteiger partial charge in [-0.1, -0.05) is 0 Å². The largest absolute Gasteiger partial charge is 0.370 e. The minimum atomic E-state index is 0. The molecule has 0 amide bonds. The Morgan fingerprint density at radius 3 is 2.25 bits per heavy atom. The van der Waals surface area contributed by atoms with Gasteiger partial charge in [-0.05, 0) is 33.2 Å². The Bertz CT molecular complexity index is 296. The van der Waals surface area contributed by atoms with Gasteiger partial charge in [0.25, 0.3) is 0 Å². The molecule has 0 radical (unpaired) electrons. The molecule has 2 saturated heterocycles. The standard InChI is InChI=1S/C14H29N5.HI/c1-13(18-10-8-17(2)9-11-18)12-16-14(15)19-6-4-3-5-7-19;/h13H,3-12H2,1-2H3,(H2,15,16);1H. The van der Waals surface area contributed by atoms with Gasteiger partial charge < -0.3 is 15.5 Å². The van der Waals surface area contributed by atoms with E-state index in [-0.39, 0.29) is 24.0 Å². The first-order chi connectivity index (χ1) is 9.16. The number of hydrogen-bond acceptors (Lipinski definition) is 3. The topological polar surface area (TPSA) is 48.1 Å². The van der Waals surface area contributed by atoms with Gasteiger partial charge in [0.2, 0.25) is 0 Å². The van der Waals surface area contributed by atoms with Crippen LogP contribution in [0.3, 0.4) is 0 Å². The normalized spacial score (nSPS) is 24.3. The van der Waals surface area contributed by atoms with Gasteiger partial charge in [0, 0.05) is 45.3 Å². The number of aliphatic imine (C=N–C) groups is 1. The van der Waals surface area contributed by atoms with Crippen molar-refractivity contribution in [2.24, 2.45) is 10.7 Å². The molecule has 1 atom stereocenters. The predicted molar refractivity (Wildman–Crippen MR) is 95.9 cm³/mol. The molecule has 0 aromatic rings. The summed E-state index contributed by atoms with van der Waals surface area (Å²) in [6, 6.07) is 0.497. The number of nitrogens with two attached hydrogens (primary N) is 1. The zero-order chi connectivity index (χ0) is 13.7. The fourth-order valence-electron chi connectivity index (χ4n) is 2.83. The van der Waals surface area contributed by atoms with Crippen LogP contribution in [0.25, 0.3) is 0 Å². The number of rotatable bonds is 3. The van der Waals surface area contributed by atoms with Crippen molar-refractivity contribution in [3.05, 3.63) is 0 Å². The molecule has 2 fully saturated rings. The van der Waals surface area contributed by atoms with Crippen molar-refractivity contribution in [1.82, 2.24) is 14.7 Å². The zero-order valence-electron chi connectivity index (χ0n) is 12.9. The van der Waals surface area contributed by atoms with Crippen LogP contribution in [0.4, 0.5) is 0 Å². The lowest BCUT2D eigenvalue weighted by Gasteiger charge is -2.36. The molecule has 0 aliphatic carbocycles. The molecular formula is C14H30IN5. The van der Waals surface area contributed by atoms with Crippen LogP contribution in [0.1, 0.15) is 26.2 Å². The lowest BCUT2D eigenvalue weighted by Crippen LogP contribution is -2.49. The highest BCUT2D eigenvalue weighted by Gasteiger charge is 2.19. The smallest absolute Gasteiger partial charge is 0.191 e. The van der Waals surface area contributed by atoms with E-state index in [2.05, 4.69) is 33.7 Å². The third-order valence-corrected chi connectivity index (χ3v) is 4.36. The first kappa shape index (κ1) is 18.0. The maximum Gasteiger partial charge on any atom is 0.191 e. The Labute approximate surface area is 140 Å². The molecule has 2 aliphatic heterocycles. The average molecular weight is 395 g/mol. The SMILES string of the molecule is CC(CN=C(N)N1CCCCC1)N1CCN(C)CC1.I. The summed E-state index contributed by atoms with van der Waals surface area (Å²) in [5.41, 5.74) is 6.10. The van der Waals surface area contributed by atoms with E-state index in [1.165, 1.54) is 19.3 Å². The number of likely N-dealkylation sites (tertiary alicyclic amines) is 1. The Balaban J connectivity index is 0.00000200. The van der Waals surface area contributed by atoms with Crippen molar-refractivity contribution in [1.29, 1.82) is 0 Å². The molecule has 0 saturated carbocycles. The summed E-state index contributed by atoms with van der Waals surface area (Å²) in [5, 5.41) is 0. The number of nitrogens with zero attached hydrogens (tertiary/aromatic N) is 4. The molecule has 2 aliphatic rings. The lowest BCUT2D eigenvalue weighted by molar-refractivity contribution is 0.122. The van der Waals surface area contributed by atoms with Crippen LogP contribution in [0.2, 0.25) is 0 Å². The minimum Gasteiger partial charge on any atom is -0.370 e. The van der Waals surface area contributed by atoms with Gasteiger partial charge in [0.05, 0.1) is 6.54 Å². The summed E-state index contributed by atoms with van der Waals surface area (Å²) in [4.78, 5) is 11.7. The molecule has 0 aromatic heterocycles. The van der Waals surface area contributed by atoms with Gasteiger partial charge in [-0.15, -0.1) is 24.0 Å². The maximum atomic E-state index is 6.10. The number of halogens is 1. The van der Waals surface area contributed by atoms with Gasteiger partial charge in [-0.2, -0.15) is 0 Å². The second-order valence-corrected chi connectivity index (χ2v) is 5.93. The zero-order valence-corrected chi connectivity index (χ0v) is 15.3. The summed E-state index contributed by atoms with van der Waals surface area (Å²) in [6.07, 6.45) is 3.84. The first-order valence-electron chi connectivity index (χ1n) is 7.64. The molecule has 20 heavy (non-hydrogen) atoms. The Kier molecular flexibility index (Phi) is 8.13. The fraction of sp³-hybridized carbons (Fsp3) is 0.929. The van der Waals surface area contributed by atoms with Crippen molar-refractivity contribution in [3.63, 3.8) is 0 Å². The average Bonchev–Trinajstić information content (AvgIpc) is 2.46. The van der Waals surface area contributed by atoms with E-state index in [0.29, 0.717) is 6.04 Å². The van der Waals surface area contributed by atoms with Crippen LogP contribution in [-0.2, 0) is 0 Å². The summed E-state index contributed by atoms with van der Waals surface area (Å²) < 4.78 is 0. The molecule has 0 aromatic carbocycles. The highest BCUT2D eigenvalue weighted by atomic mass is 127. The summed E-state index contributed by atoms with van der Waals surface area (Å²) in [5.74, 6) is 0.751. The Morgan fingerprint density at radius 1 is 1.05 bits per heavy atom. The third kappa shape index (κ3) is 5.37. The highest BCUT2D eigenvalue weighted by molar-refractivity contribution is 14.0. The van der Waals surface area contributed by atoms with Crippen LogP contribution >= 0.6 is 24.0 Å². The molecule has 118 valence electrons. The van der Waals surface area contributed by atoms with Crippen LogP contribution in [0.15, 0.2) is 4.99 Å². The van der Waals surface area contributed by atoms with Crippen LogP contribution < -0.4 is 5.73 Å². The van der Waals surface area contributed by atoms with Crippen molar-refractivity contribution in [2.45, 2.75) is 32.2 Å². The van der Waals surface area contributed by atoms with Gasteiger partial charge in [-0.25, -0.2) is 0 Å². The molecular weight excluding hydrogens is 365 g/mol. The van der Waals surface area contributed by atoms with Gasteiger partial charge in [-0.3, -0.25) is 9.89 Å². The number of likely N-dealkylation sites (N-methyl/N-ethyl adjacent to an activating group) is 1. The van der Waals surface area contributed by atoms with Crippen molar-refractivity contribution in [2.75, 3.05) is 52.9 Å². The van der Waals surface area contributed by atoms with Crippen molar-refractivity contribution in [3.8, 4) is 0 Å². The maximum absolute atomic E-state index is 6.10. The summed E-state index contributed by atoms with van der Waals surface area (Å²) in [7, 11) is 2.19. The molecule has 2 N–H and O–H groups in total. The van der Waals surface area contributed by atoms with Crippen molar-refractivity contribution >= 4 is 29.9 Å². The monoisotopic (exact) mass is 395 g/mol. The number of hydrogen-bond donors (Lipinski definition) is 1. The Morgan fingerprint density at radius 2 is 1.65 bits per heavy atom. The predicted octanol–water partition coefficient (Wildman–Crippen LogP) is 1.04. The summed E-state index contributed by atoms with van der Waals surface area (Å²) >= 11 is 0. The Hall–Kier alpha value is -0.0800. The second kappa shape index (κ2) is 9.04. The van der Waals surface area contributed by atoms with Crippen molar-refractivity contribution < 1.29 is 0 Å². The molecule has 1 unspecified atom stereocenters. The van der Waals surface area contributed by atoms with Crippen LogP contribution in [0.5, 0.6) is 0 Å². The molecule has 2 rings (SSSR count). The van der Waals surface area contributed by atoms with Crippen LogP contribution in [0, 0.1) is 0 Å². The highest BCUT2D eigenvalue weighted by Crippen LogP contribution is 2.09. The van der Waals surface area contributed by atoms with Gasteiger partial charge in [0.1, 0.15) is 0 Å². The quantitative estimate of drug-likeness (QED) is 0.441. The van der Waals surface area contributed by atoms with E-state index in [0.717, 1.165) is 51.8 Å². The lowest BCUT2D eigenvalue weighted by atomic mass is 10.1.